The molecule has 0 saturated heterocycles. The first-order valence-electron chi connectivity index (χ1n) is 6.88. The van der Waals surface area contributed by atoms with Crippen LogP contribution in [-0.4, -0.2) is 26.6 Å². The van der Waals surface area contributed by atoms with Crippen LogP contribution in [0.25, 0.3) is 0 Å². The number of halogens is 1. The van der Waals surface area contributed by atoms with Crippen LogP contribution in [0.15, 0.2) is 35.7 Å². The fraction of sp³-hybridized carbons (Fsp3) is 0.400. The van der Waals surface area contributed by atoms with Crippen molar-refractivity contribution in [3.05, 3.63) is 40.8 Å². The van der Waals surface area contributed by atoms with Crippen LogP contribution in [0.2, 0.25) is 5.02 Å². The second-order valence-electron chi connectivity index (χ2n) is 5.14. The molecule has 6 heteroatoms. The van der Waals surface area contributed by atoms with Gasteiger partial charge in [-0.1, -0.05) is 24.6 Å². The van der Waals surface area contributed by atoms with Crippen LogP contribution in [0.4, 0.5) is 5.69 Å². The molecule has 0 unspecified atom stereocenters. The minimum atomic E-state index is -3.12. The predicted octanol–water partition coefficient (Wildman–Crippen LogP) is 3.03. The number of nitrogens with zero attached hydrogens (tertiary/aromatic N) is 1. The van der Waals surface area contributed by atoms with Crippen LogP contribution in [-0.2, 0) is 14.6 Å². The molecule has 1 aromatic carbocycles. The van der Waals surface area contributed by atoms with Gasteiger partial charge in [-0.2, -0.15) is 0 Å². The van der Waals surface area contributed by atoms with E-state index in [4.69, 9.17) is 11.6 Å². The number of anilines is 1. The summed E-state index contributed by atoms with van der Waals surface area (Å²) in [7, 11) is -3.12. The zero-order valence-electron chi connectivity index (χ0n) is 11.8. The topological polar surface area (TPSA) is 54.5 Å². The fourth-order valence-electron chi connectivity index (χ4n) is 2.34. The van der Waals surface area contributed by atoms with E-state index in [1.807, 2.05) is 6.92 Å². The molecule has 2 rings (SSSR count). The minimum absolute atomic E-state index is 0.0271. The number of rotatable bonds is 5. The third kappa shape index (κ3) is 4.32. The summed E-state index contributed by atoms with van der Waals surface area (Å²) in [6.45, 7) is 2.60. The van der Waals surface area contributed by atoms with Gasteiger partial charge in [0.2, 0.25) is 5.91 Å². The first-order valence-corrected chi connectivity index (χ1v) is 8.97. The molecule has 1 amide bonds. The highest BCUT2D eigenvalue weighted by molar-refractivity contribution is 7.94. The van der Waals surface area contributed by atoms with Crippen LogP contribution >= 0.6 is 11.6 Å². The monoisotopic (exact) mass is 327 g/mol. The number of amides is 1. The van der Waals surface area contributed by atoms with Crippen molar-refractivity contribution in [1.29, 1.82) is 0 Å². The summed E-state index contributed by atoms with van der Waals surface area (Å²) in [4.78, 5) is 14.1. The highest BCUT2D eigenvalue weighted by Crippen LogP contribution is 2.23. The normalized spacial score (nSPS) is 19.6. The van der Waals surface area contributed by atoms with Crippen molar-refractivity contribution >= 4 is 33.0 Å². The zero-order valence-corrected chi connectivity index (χ0v) is 13.4. The maximum absolute atomic E-state index is 12.4. The quantitative estimate of drug-likeness (QED) is 0.835. The molecular weight excluding hydrogens is 310 g/mol. The maximum atomic E-state index is 12.4. The van der Waals surface area contributed by atoms with Gasteiger partial charge < -0.3 is 4.90 Å². The SMILES string of the molecule is CCCN(C(=O)C[C@H]1C=CS(=O)(=O)C1)c1ccc(Cl)cc1. The number of sulfone groups is 1. The van der Waals surface area contributed by atoms with Gasteiger partial charge in [0.15, 0.2) is 9.84 Å². The third-order valence-corrected chi connectivity index (χ3v) is 5.04. The molecule has 1 aromatic rings. The number of hydrogen-bond donors (Lipinski definition) is 0. The Morgan fingerprint density at radius 1 is 1.33 bits per heavy atom. The average molecular weight is 328 g/mol. The van der Waals surface area contributed by atoms with Crippen molar-refractivity contribution in [1.82, 2.24) is 0 Å². The molecule has 0 N–H and O–H groups in total. The van der Waals surface area contributed by atoms with E-state index in [0.29, 0.717) is 11.6 Å². The predicted molar refractivity (Wildman–Crippen MR) is 85.1 cm³/mol. The van der Waals surface area contributed by atoms with Gasteiger partial charge in [0.25, 0.3) is 0 Å². The van der Waals surface area contributed by atoms with Gasteiger partial charge in [-0.3, -0.25) is 4.79 Å². The van der Waals surface area contributed by atoms with E-state index in [1.54, 1.807) is 35.2 Å². The first-order chi connectivity index (χ1) is 9.91. The lowest BCUT2D eigenvalue weighted by Gasteiger charge is -2.23. The van der Waals surface area contributed by atoms with Crippen molar-refractivity contribution in [2.24, 2.45) is 5.92 Å². The molecule has 1 atom stereocenters. The highest BCUT2D eigenvalue weighted by atomic mass is 35.5. The van der Waals surface area contributed by atoms with Crippen LogP contribution in [0.3, 0.4) is 0 Å². The van der Waals surface area contributed by atoms with Crippen molar-refractivity contribution in [2.75, 3.05) is 17.2 Å². The summed E-state index contributed by atoms with van der Waals surface area (Å²) in [5, 5.41) is 1.82. The molecule has 0 fully saturated rings. The summed E-state index contributed by atoms with van der Waals surface area (Å²) in [5.41, 5.74) is 0.788. The van der Waals surface area contributed by atoms with Crippen molar-refractivity contribution in [3.63, 3.8) is 0 Å². The van der Waals surface area contributed by atoms with Gasteiger partial charge in [-0.25, -0.2) is 8.42 Å². The Morgan fingerprint density at radius 2 is 2.00 bits per heavy atom. The Bertz CT molecular complexity index is 637. The van der Waals surface area contributed by atoms with E-state index >= 15 is 0 Å². The summed E-state index contributed by atoms with van der Waals surface area (Å²) in [5.74, 6) is -0.264. The summed E-state index contributed by atoms with van der Waals surface area (Å²) >= 11 is 5.86. The van der Waals surface area contributed by atoms with Gasteiger partial charge in [0.05, 0.1) is 5.75 Å². The van der Waals surface area contributed by atoms with Gasteiger partial charge in [0.1, 0.15) is 0 Å². The molecule has 21 heavy (non-hydrogen) atoms. The zero-order chi connectivity index (χ0) is 15.5. The first kappa shape index (κ1) is 16.0. The van der Waals surface area contributed by atoms with E-state index in [9.17, 15) is 13.2 Å². The molecule has 1 aliphatic heterocycles. The molecule has 114 valence electrons. The average Bonchev–Trinajstić information content (AvgIpc) is 2.76. The molecule has 0 radical (unpaired) electrons. The minimum Gasteiger partial charge on any atom is -0.312 e. The molecule has 0 aliphatic carbocycles. The van der Waals surface area contributed by atoms with Gasteiger partial charge in [-0.15, -0.1) is 0 Å². The lowest BCUT2D eigenvalue weighted by molar-refractivity contribution is -0.119. The van der Waals surface area contributed by atoms with E-state index in [-0.39, 0.29) is 24.0 Å². The summed E-state index contributed by atoms with van der Waals surface area (Å²) in [6.07, 6.45) is 2.64. The van der Waals surface area contributed by atoms with E-state index in [0.717, 1.165) is 12.1 Å². The van der Waals surface area contributed by atoms with Gasteiger partial charge in [0, 0.05) is 35.0 Å². The van der Waals surface area contributed by atoms with Gasteiger partial charge in [-0.05, 0) is 30.7 Å². The number of carbonyl (C=O) groups is 1. The number of benzene rings is 1. The fourth-order valence-corrected chi connectivity index (χ4v) is 3.87. The van der Waals surface area contributed by atoms with Crippen molar-refractivity contribution in [3.8, 4) is 0 Å². The molecule has 0 saturated carbocycles. The van der Waals surface area contributed by atoms with E-state index in [1.165, 1.54) is 5.41 Å². The molecule has 0 bridgehead atoms. The second-order valence-corrected chi connectivity index (χ2v) is 7.51. The lowest BCUT2D eigenvalue weighted by atomic mass is 10.1. The number of carbonyl (C=O) groups excluding carboxylic acids is 1. The summed E-state index contributed by atoms with van der Waals surface area (Å²) in [6, 6.07) is 7.09. The van der Waals surface area contributed by atoms with E-state index in [2.05, 4.69) is 0 Å². The summed E-state index contributed by atoms with van der Waals surface area (Å²) < 4.78 is 22.8. The Morgan fingerprint density at radius 3 is 2.52 bits per heavy atom. The Hall–Kier alpha value is -1.33. The Labute approximate surface area is 130 Å². The molecular formula is C15H18ClNO3S. The van der Waals surface area contributed by atoms with Crippen molar-refractivity contribution < 1.29 is 13.2 Å². The molecule has 1 heterocycles. The maximum Gasteiger partial charge on any atom is 0.227 e. The third-order valence-electron chi connectivity index (χ3n) is 3.33. The second kappa shape index (κ2) is 6.62. The standard InChI is InChI=1S/C15H18ClNO3S/c1-2-8-17(14-5-3-13(16)4-6-14)15(18)10-12-7-9-21(19,20)11-12/h3-7,9,12H,2,8,10-11H2,1H3/t12-/m1/s1. The smallest absolute Gasteiger partial charge is 0.227 e. The molecule has 4 nitrogen and oxygen atoms in total. The van der Waals surface area contributed by atoms with E-state index < -0.39 is 9.84 Å². The molecule has 0 aromatic heterocycles. The largest absolute Gasteiger partial charge is 0.312 e. The van der Waals surface area contributed by atoms with Crippen LogP contribution in [0.5, 0.6) is 0 Å². The Kier molecular flexibility index (Phi) is 5.06. The Balaban J connectivity index is 2.09. The van der Waals surface area contributed by atoms with Crippen LogP contribution < -0.4 is 4.90 Å². The molecule has 0 spiro atoms. The van der Waals surface area contributed by atoms with Gasteiger partial charge >= 0.3 is 0 Å². The number of allylic oxidation sites excluding steroid dienone is 1. The lowest BCUT2D eigenvalue weighted by Crippen LogP contribution is -2.33. The van der Waals surface area contributed by atoms with Crippen LogP contribution in [0, 0.1) is 5.92 Å². The van der Waals surface area contributed by atoms with Crippen LogP contribution in [0.1, 0.15) is 19.8 Å². The highest BCUT2D eigenvalue weighted by Gasteiger charge is 2.26. The molecule has 1 aliphatic rings. The number of hydrogen-bond acceptors (Lipinski definition) is 3. The van der Waals surface area contributed by atoms with Crippen molar-refractivity contribution in [2.45, 2.75) is 19.8 Å².